The maximum Gasteiger partial charge on any atom is 0.130 e. The number of halogens is 1. The molecule has 1 aliphatic carbocycles. The quantitative estimate of drug-likeness (QED) is 0.889. The van der Waals surface area contributed by atoms with Gasteiger partial charge in [0.25, 0.3) is 0 Å². The van der Waals surface area contributed by atoms with Crippen LogP contribution in [0.4, 0.5) is 0 Å². The van der Waals surface area contributed by atoms with Crippen LogP contribution in [0.3, 0.4) is 0 Å². The van der Waals surface area contributed by atoms with E-state index in [1.54, 1.807) is 6.33 Å². The Labute approximate surface area is 123 Å². The largest absolute Gasteiger partial charge is 0.487 e. The predicted molar refractivity (Wildman–Crippen MR) is 78.9 cm³/mol. The molecule has 1 saturated carbocycles. The minimum absolute atomic E-state index is 0.493. The van der Waals surface area contributed by atoms with Crippen molar-refractivity contribution in [3.05, 3.63) is 47.0 Å². The normalized spacial score (nSPS) is 14.5. The number of nitrogens with one attached hydrogen (secondary N) is 1. The van der Waals surface area contributed by atoms with Gasteiger partial charge in [0.2, 0.25) is 0 Å². The average molecular weight is 292 g/mol. The van der Waals surface area contributed by atoms with Crippen LogP contribution in [-0.4, -0.2) is 15.6 Å². The molecule has 0 radical (unpaired) electrons. The molecule has 0 atom stereocenters. The van der Waals surface area contributed by atoms with Crippen molar-refractivity contribution in [1.29, 1.82) is 0 Å². The number of aryl methyl sites for hydroxylation is 1. The first-order chi connectivity index (χ1) is 9.74. The van der Waals surface area contributed by atoms with E-state index in [-0.39, 0.29) is 0 Å². The number of ether oxygens (including phenoxy) is 1. The number of imidazole rings is 1. The Bertz CT molecular complexity index is 593. The molecule has 0 saturated heterocycles. The lowest BCUT2D eigenvalue weighted by Crippen LogP contribution is -2.16. The molecule has 20 heavy (non-hydrogen) atoms. The van der Waals surface area contributed by atoms with Crippen molar-refractivity contribution in [3.63, 3.8) is 0 Å². The van der Waals surface area contributed by atoms with Crippen molar-refractivity contribution >= 4 is 11.6 Å². The first-order valence-electron chi connectivity index (χ1n) is 6.83. The summed E-state index contributed by atoms with van der Waals surface area (Å²) in [6.45, 7) is 1.25. The predicted octanol–water partition coefficient (Wildman–Crippen LogP) is 2.90. The molecule has 4 nitrogen and oxygen atoms in total. The summed E-state index contributed by atoms with van der Waals surface area (Å²) in [7, 11) is 1.96. The van der Waals surface area contributed by atoms with Gasteiger partial charge in [-0.2, -0.15) is 0 Å². The van der Waals surface area contributed by atoms with Gasteiger partial charge in [0.05, 0.1) is 18.2 Å². The molecular formula is C15H18ClN3O. The zero-order valence-corrected chi connectivity index (χ0v) is 12.2. The summed E-state index contributed by atoms with van der Waals surface area (Å²) < 4.78 is 7.86. The van der Waals surface area contributed by atoms with Gasteiger partial charge in [-0.1, -0.05) is 17.7 Å². The number of nitrogens with zero attached hydrogens (tertiary/aromatic N) is 2. The summed E-state index contributed by atoms with van der Waals surface area (Å²) in [4.78, 5) is 4.09. The average Bonchev–Trinajstić information content (AvgIpc) is 3.17. The van der Waals surface area contributed by atoms with Gasteiger partial charge in [0, 0.05) is 30.2 Å². The first-order valence-corrected chi connectivity index (χ1v) is 7.20. The molecule has 0 bridgehead atoms. The fourth-order valence-corrected chi connectivity index (χ4v) is 2.29. The number of benzene rings is 1. The van der Waals surface area contributed by atoms with Crippen molar-refractivity contribution in [1.82, 2.24) is 14.9 Å². The standard InChI is InChI=1S/C15H18ClN3O/c1-19-10-17-7-12(19)9-20-15-4-2-3-14(16)13(15)8-18-11-5-6-11/h2-4,7,10-11,18H,5-6,8-9H2,1H3. The van der Waals surface area contributed by atoms with Crippen molar-refractivity contribution in [2.24, 2.45) is 7.05 Å². The van der Waals surface area contributed by atoms with E-state index in [1.165, 1.54) is 12.8 Å². The molecule has 0 unspecified atom stereocenters. The van der Waals surface area contributed by atoms with Crippen LogP contribution in [-0.2, 0) is 20.2 Å². The Kier molecular flexibility index (Phi) is 3.94. The zero-order valence-electron chi connectivity index (χ0n) is 11.5. The van der Waals surface area contributed by atoms with Crippen LogP contribution in [0.5, 0.6) is 5.75 Å². The molecule has 0 amide bonds. The van der Waals surface area contributed by atoms with Crippen LogP contribution in [0.15, 0.2) is 30.7 Å². The molecule has 0 aliphatic heterocycles. The highest BCUT2D eigenvalue weighted by atomic mass is 35.5. The molecular weight excluding hydrogens is 274 g/mol. The maximum atomic E-state index is 6.29. The molecule has 1 aromatic carbocycles. The maximum absolute atomic E-state index is 6.29. The molecule has 3 rings (SSSR count). The number of hydrogen-bond acceptors (Lipinski definition) is 3. The zero-order chi connectivity index (χ0) is 13.9. The number of hydrogen-bond donors (Lipinski definition) is 1. The Morgan fingerprint density at radius 3 is 3.00 bits per heavy atom. The van der Waals surface area contributed by atoms with Gasteiger partial charge in [-0.25, -0.2) is 4.98 Å². The highest BCUT2D eigenvalue weighted by Gasteiger charge is 2.21. The summed E-state index contributed by atoms with van der Waals surface area (Å²) in [5.74, 6) is 0.840. The molecule has 1 heterocycles. The summed E-state index contributed by atoms with van der Waals surface area (Å²) in [6, 6.07) is 6.44. The van der Waals surface area contributed by atoms with Gasteiger partial charge in [-0.3, -0.25) is 0 Å². The lowest BCUT2D eigenvalue weighted by atomic mass is 10.2. The second-order valence-corrected chi connectivity index (χ2v) is 5.56. The molecule has 106 valence electrons. The fourth-order valence-electron chi connectivity index (χ4n) is 2.05. The lowest BCUT2D eigenvalue weighted by Gasteiger charge is -2.13. The van der Waals surface area contributed by atoms with E-state index in [0.29, 0.717) is 12.6 Å². The van der Waals surface area contributed by atoms with E-state index in [9.17, 15) is 0 Å². The van der Waals surface area contributed by atoms with E-state index in [4.69, 9.17) is 16.3 Å². The molecule has 0 spiro atoms. The van der Waals surface area contributed by atoms with Crippen LogP contribution in [0, 0.1) is 0 Å². The molecule has 5 heteroatoms. The van der Waals surface area contributed by atoms with Crippen LogP contribution >= 0.6 is 11.6 Å². The second kappa shape index (κ2) is 5.85. The van der Waals surface area contributed by atoms with E-state index >= 15 is 0 Å². The van der Waals surface area contributed by atoms with E-state index in [2.05, 4.69) is 10.3 Å². The van der Waals surface area contributed by atoms with Crippen LogP contribution in [0.25, 0.3) is 0 Å². The third-order valence-electron chi connectivity index (χ3n) is 3.51. The highest BCUT2D eigenvalue weighted by Crippen LogP contribution is 2.28. The minimum Gasteiger partial charge on any atom is -0.487 e. The van der Waals surface area contributed by atoms with E-state index in [1.807, 2.05) is 36.0 Å². The fraction of sp³-hybridized carbons (Fsp3) is 0.400. The number of aromatic nitrogens is 2. The Morgan fingerprint density at radius 2 is 2.30 bits per heavy atom. The SMILES string of the molecule is Cn1cncc1COc1cccc(Cl)c1CNC1CC1. The monoisotopic (exact) mass is 291 g/mol. The Hall–Kier alpha value is -1.52. The molecule has 1 N–H and O–H groups in total. The van der Waals surface area contributed by atoms with Crippen molar-refractivity contribution in [2.75, 3.05) is 0 Å². The molecule has 2 aromatic rings. The topological polar surface area (TPSA) is 39.1 Å². The summed E-state index contributed by atoms with van der Waals surface area (Å²) in [5.41, 5.74) is 2.06. The van der Waals surface area contributed by atoms with Gasteiger partial charge >= 0.3 is 0 Å². The van der Waals surface area contributed by atoms with E-state index < -0.39 is 0 Å². The van der Waals surface area contributed by atoms with Crippen molar-refractivity contribution in [2.45, 2.75) is 32.0 Å². The summed E-state index contributed by atoms with van der Waals surface area (Å²) in [6.07, 6.45) is 6.10. The Balaban J connectivity index is 1.70. The smallest absolute Gasteiger partial charge is 0.130 e. The van der Waals surface area contributed by atoms with Crippen molar-refractivity contribution in [3.8, 4) is 5.75 Å². The Morgan fingerprint density at radius 1 is 1.45 bits per heavy atom. The minimum atomic E-state index is 0.493. The molecule has 1 aliphatic rings. The van der Waals surface area contributed by atoms with Crippen molar-refractivity contribution < 1.29 is 4.74 Å². The van der Waals surface area contributed by atoms with Crippen LogP contribution in [0.1, 0.15) is 24.1 Å². The molecule has 1 aromatic heterocycles. The molecule has 1 fully saturated rings. The van der Waals surface area contributed by atoms with Crippen LogP contribution < -0.4 is 10.1 Å². The van der Waals surface area contributed by atoms with Gasteiger partial charge < -0.3 is 14.6 Å². The lowest BCUT2D eigenvalue weighted by molar-refractivity contribution is 0.293. The summed E-state index contributed by atoms with van der Waals surface area (Å²) in [5, 5.41) is 4.23. The van der Waals surface area contributed by atoms with E-state index in [0.717, 1.165) is 28.6 Å². The highest BCUT2D eigenvalue weighted by molar-refractivity contribution is 6.31. The van der Waals surface area contributed by atoms with Gasteiger partial charge in [-0.05, 0) is 25.0 Å². The third kappa shape index (κ3) is 3.14. The van der Waals surface area contributed by atoms with Gasteiger partial charge in [0.15, 0.2) is 0 Å². The number of rotatable bonds is 6. The third-order valence-corrected chi connectivity index (χ3v) is 3.87. The van der Waals surface area contributed by atoms with Gasteiger partial charge in [0.1, 0.15) is 12.4 Å². The first kappa shape index (κ1) is 13.5. The summed E-state index contributed by atoms with van der Waals surface area (Å²) >= 11 is 6.29. The second-order valence-electron chi connectivity index (χ2n) is 5.16. The van der Waals surface area contributed by atoms with Gasteiger partial charge in [-0.15, -0.1) is 0 Å². The van der Waals surface area contributed by atoms with Crippen LogP contribution in [0.2, 0.25) is 5.02 Å².